The highest BCUT2D eigenvalue weighted by atomic mass is 32.2. The number of nitrogens with one attached hydrogen (secondary N) is 3. The SMILES string of the molecule is CCN(CCNS(C)(=O)=O)c1ccc(NC2=C/C(=N\COc3c(F)c(F)c(F)c(F)c3F)C(=O)C=C2NC(=O)C(Oc2ccc(C)cc2C)C(C)C)c(C)c1. The van der Waals surface area contributed by atoms with Crippen LogP contribution in [0.15, 0.2) is 64.9 Å². The number of anilines is 2. The fourth-order valence-corrected chi connectivity index (χ4v) is 5.97. The lowest BCUT2D eigenvalue weighted by Gasteiger charge is -2.26. The second-order valence-electron chi connectivity index (χ2n) is 13.1. The van der Waals surface area contributed by atoms with Gasteiger partial charge in [-0.3, -0.25) is 9.59 Å². The molecule has 1 aliphatic rings. The zero-order valence-electron chi connectivity index (χ0n) is 31.2. The third-order valence-electron chi connectivity index (χ3n) is 8.39. The maximum Gasteiger partial charge on any atom is 0.265 e. The highest BCUT2D eigenvalue weighted by Crippen LogP contribution is 2.30. The lowest BCUT2D eigenvalue weighted by molar-refractivity contribution is -0.129. The molecule has 1 aliphatic carbocycles. The first kappa shape index (κ1) is 42.5. The monoisotopic (exact) mass is 791 g/mol. The molecule has 1 atom stereocenters. The predicted octanol–water partition coefficient (Wildman–Crippen LogP) is 6.14. The molecule has 0 saturated carbocycles. The smallest absolute Gasteiger partial charge is 0.265 e. The van der Waals surface area contributed by atoms with Gasteiger partial charge in [0.2, 0.25) is 44.9 Å². The Morgan fingerprint density at radius 1 is 0.891 bits per heavy atom. The van der Waals surface area contributed by atoms with Crippen LogP contribution in [0.25, 0.3) is 0 Å². The number of allylic oxidation sites excluding steroid dienone is 2. The van der Waals surface area contributed by atoms with Crippen LogP contribution in [0.4, 0.5) is 33.3 Å². The normalized spacial score (nSPS) is 14.4. The molecule has 0 spiro atoms. The third kappa shape index (κ3) is 10.7. The molecular formula is C38H42F5N5O6S. The van der Waals surface area contributed by atoms with Crippen molar-refractivity contribution in [1.29, 1.82) is 0 Å². The minimum atomic E-state index is -3.38. The van der Waals surface area contributed by atoms with Crippen molar-refractivity contribution >= 4 is 38.8 Å². The molecular weight excluding hydrogens is 750 g/mol. The van der Waals surface area contributed by atoms with Crippen LogP contribution in [0.3, 0.4) is 0 Å². The third-order valence-corrected chi connectivity index (χ3v) is 9.12. The number of rotatable bonds is 16. The Balaban J connectivity index is 1.65. The van der Waals surface area contributed by atoms with Crippen LogP contribution in [0.5, 0.6) is 11.5 Å². The van der Waals surface area contributed by atoms with E-state index in [-0.39, 0.29) is 29.6 Å². The number of ketones is 1. The number of carbonyl (C=O) groups is 2. The van der Waals surface area contributed by atoms with Gasteiger partial charge >= 0.3 is 0 Å². The van der Waals surface area contributed by atoms with E-state index < -0.39 is 69.4 Å². The van der Waals surface area contributed by atoms with E-state index in [4.69, 9.17) is 9.47 Å². The zero-order valence-corrected chi connectivity index (χ0v) is 32.1. The van der Waals surface area contributed by atoms with Gasteiger partial charge in [0, 0.05) is 37.1 Å². The van der Waals surface area contributed by atoms with Crippen LogP contribution in [0.1, 0.15) is 37.5 Å². The van der Waals surface area contributed by atoms with Crippen molar-refractivity contribution in [3.8, 4) is 11.5 Å². The van der Waals surface area contributed by atoms with Crippen LogP contribution in [0.2, 0.25) is 0 Å². The topological polar surface area (TPSA) is 138 Å². The Morgan fingerprint density at radius 2 is 1.55 bits per heavy atom. The minimum absolute atomic E-state index is 0.0232. The number of amides is 1. The number of likely N-dealkylation sites (N-methyl/N-ethyl adjacent to an activating group) is 1. The average Bonchev–Trinajstić information content (AvgIpc) is 3.11. The lowest BCUT2D eigenvalue weighted by atomic mass is 10.0. The summed E-state index contributed by atoms with van der Waals surface area (Å²) in [6.07, 6.45) is 2.37. The predicted molar refractivity (Wildman–Crippen MR) is 199 cm³/mol. The number of aryl methyl sites for hydroxylation is 3. The summed E-state index contributed by atoms with van der Waals surface area (Å²) in [6.45, 7) is 11.2. The van der Waals surface area contributed by atoms with Crippen molar-refractivity contribution in [3.63, 3.8) is 0 Å². The molecule has 0 bridgehead atoms. The van der Waals surface area contributed by atoms with E-state index in [0.29, 0.717) is 30.1 Å². The summed E-state index contributed by atoms with van der Waals surface area (Å²) in [7, 11) is -3.38. The number of aliphatic imine (C=N–C) groups is 1. The molecule has 0 saturated heterocycles. The summed E-state index contributed by atoms with van der Waals surface area (Å²) >= 11 is 0. The number of nitrogens with zero attached hydrogens (tertiary/aromatic N) is 2. The van der Waals surface area contributed by atoms with Crippen molar-refractivity contribution in [2.24, 2.45) is 10.9 Å². The standard InChI is InChI=1S/C38H42F5N5O6S/c1-8-48(14-13-45-55(7,51)52)24-10-11-25(22(5)16-24)46-26-17-28(44-19-53-37-34(42)32(40)31(39)33(41)35(37)43)29(49)18-27(26)47-38(50)36(20(2)3)54-30-12-9-21(4)15-23(30)6/h9-12,15-18,20,36,45-46H,8,13-14,19H2,1-7H3,(H,47,50)/b44-28+. The number of ether oxygens (including phenoxy) is 2. The van der Waals surface area contributed by atoms with E-state index >= 15 is 0 Å². The average molecular weight is 792 g/mol. The van der Waals surface area contributed by atoms with Crippen molar-refractivity contribution < 1.29 is 49.4 Å². The number of sulfonamides is 1. The first-order valence-corrected chi connectivity index (χ1v) is 19.0. The Hall–Kier alpha value is -5.29. The van der Waals surface area contributed by atoms with E-state index in [2.05, 4.69) is 20.3 Å². The van der Waals surface area contributed by atoms with Gasteiger partial charge in [0.15, 0.2) is 18.6 Å². The van der Waals surface area contributed by atoms with E-state index in [1.165, 1.54) is 6.08 Å². The summed E-state index contributed by atoms with van der Waals surface area (Å²) in [5.41, 5.74) is 3.68. The molecule has 55 heavy (non-hydrogen) atoms. The first-order chi connectivity index (χ1) is 25.8. The second-order valence-corrected chi connectivity index (χ2v) is 14.9. The Kier molecular flexibility index (Phi) is 13.8. The maximum atomic E-state index is 14.2. The first-order valence-electron chi connectivity index (χ1n) is 17.1. The molecule has 0 heterocycles. The Labute approximate surface area is 316 Å². The number of halogens is 5. The van der Waals surface area contributed by atoms with Crippen LogP contribution in [-0.2, 0) is 19.6 Å². The second kappa shape index (κ2) is 17.9. The Bertz CT molecular complexity index is 2150. The van der Waals surface area contributed by atoms with E-state index in [0.717, 1.165) is 29.1 Å². The van der Waals surface area contributed by atoms with Gasteiger partial charge < -0.3 is 25.0 Å². The van der Waals surface area contributed by atoms with E-state index in [1.54, 1.807) is 39.0 Å². The van der Waals surface area contributed by atoms with Gasteiger partial charge in [-0.15, -0.1) is 0 Å². The highest BCUT2D eigenvalue weighted by Gasteiger charge is 2.30. The molecule has 0 aromatic heterocycles. The zero-order chi connectivity index (χ0) is 40.8. The molecule has 3 N–H and O–H groups in total. The molecule has 0 fully saturated rings. The largest absolute Gasteiger partial charge is 0.480 e. The van der Waals surface area contributed by atoms with Gasteiger partial charge in [-0.1, -0.05) is 31.5 Å². The molecule has 1 unspecified atom stereocenters. The molecule has 11 nitrogen and oxygen atoms in total. The van der Waals surface area contributed by atoms with Crippen molar-refractivity contribution in [2.45, 2.75) is 47.6 Å². The summed E-state index contributed by atoms with van der Waals surface area (Å²) in [5, 5.41) is 5.93. The molecule has 1 amide bonds. The van der Waals surface area contributed by atoms with Crippen molar-refractivity contribution in [3.05, 3.63) is 106 Å². The van der Waals surface area contributed by atoms with Gasteiger partial charge in [-0.2, -0.15) is 8.78 Å². The summed E-state index contributed by atoms with van der Waals surface area (Å²) in [6, 6.07) is 10.9. The van der Waals surface area contributed by atoms with Crippen LogP contribution >= 0.6 is 0 Å². The summed E-state index contributed by atoms with van der Waals surface area (Å²) < 4.78 is 106. The van der Waals surface area contributed by atoms with Gasteiger partial charge in [0.1, 0.15) is 11.5 Å². The lowest BCUT2D eigenvalue weighted by Crippen LogP contribution is -2.43. The Morgan fingerprint density at radius 3 is 2.13 bits per heavy atom. The van der Waals surface area contributed by atoms with Crippen LogP contribution in [0, 0.1) is 55.8 Å². The highest BCUT2D eigenvalue weighted by molar-refractivity contribution is 7.88. The summed E-state index contributed by atoms with van der Waals surface area (Å²) in [5.74, 6) is -13.9. The minimum Gasteiger partial charge on any atom is -0.480 e. The summed E-state index contributed by atoms with van der Waals surface area (Å²) in [4.78, 5) is 32.9. The fourth-order valence-electron chi connectivity index (χ4n) is 5.51. The number of benzene rings is 3. The van der Waals surface area contributed by atoms with Gasteiger partial charge in [-0.05, 0) is 75.1 Å². The van der Waals surface area contributed by atoms with E-state index in [1.807, 2.05) is 43.9 Å². The van der Waals surface area contributed by atoms with Gasteiger partial charge in [0.05, 0.1) is 17.6 Å². The molecule has 296 valence electrons. The number of carbonyl (C=O) groups excluding carboxylic acids is 2. The fraction of sp³-hybridized carbons (Fsp3) is 0.342. The van der Waals surface area contributed by atoms with Crippen LogP contribution in [-0.4, -0.2) is 64.5 Å². The molecule has 4 rings (SSSR count). The van der Waals surface area contributed by atoms with Crippen molar-refractivity contribution in [2.75, 3.05) is 42.8 Å². The molecule has 17 heteroatoms. The number of hydrogen-bond acceptors (Lipinski definition) is 9. The molecule has 0 radical (unpaired) electrons. The molecule has 3 aromatic carbocycles. The van der Waals surface area contributed by atoms with Gasteiger partial charge in [-0.25, -0.2) is 31.3 Å². The van der Waals surface area contributed by atoms with Gasteiger partial charge in [0.25, 0.3) is 5.91 Å². The maximum absolute atomic E-state index is 14.2. The quantitative estimate of drug-likeness (QED) is 0.0681. The van der Waals surface area contributed by atoms with E-state index in [9.17, 15) is 40.0 Å². The van der Waals surface area contributed by atoms with Crippen molar-refractivity contribution in [1.82, 2.24) is 10.0 Å². The number of hydrogen-bond donors (Lipinski definition) is 3. The van der Waals surface area contributed by atoms with Crippen LogP contribution < -0.4 is 29.7 Å². The molecule has 3 aromatic rings. The molecule has 0 aliphatic heterocycles.